The molecule has 2 rings (SSSR count). The Balaban J connectivity index is 2.24. The Bertz CT molecular complexity index is 586. The van der Waals surface area contributed by atoms with Gasteiger partial charge in [0.05, 0.1) is 0 Å². The van der Waals surface area contributed by atoms with Crippen molar-refractivity contribution in [3.8, 4) is 0 Å². The molecule has 0 amide bonds. The molecule has 0 aliphatic rings. The molecule has 0 fully saturated rings. The van der Waals surface area contributed by atoms with Gasteiger partial charge in [-0.2, -0.15) is 0 Å². The van der Waals surface area contributed by atoms with E-state index in [9.17, 15) is 0 Å². The summed E-state index contributed by atoms with van der Waals surface area (Å²) in [5.41, 5.74) is 0. The van der Waals surface area contributed by atoms with Gasteiger partial charge in [-0.1, -0.05) is 81.4 Å². The number of hydrogen-bond acceptors (Lipinski definition) is 3. The number of rotatable bonds is 10. The normalized spacial score (nSPS) is 12.3. The van der Waals surface area contributed by atoms with Crippen LogP contribution in [0.15, 0.2) is 60.7 Å². The molecule has 0 saturated heterocycles. The lowest BCUT2D eigenvalue weighted by Crippen LogP contribution is -2.67. The second kappa shape index (κ2) is 10.0. The molecule has 0 spiro atoms. The predicted octanol–water partition coefficient (Wildman–Crippen LogP) is 2.93. The summed E-state index contributed by atoms with van der Waals surface area (Å²) in [5.74, 6) is 0. The van der Waals surface area contributed by atoms with Gasteiger partial charge in [0.15, 0.2) is 0 Å². The fourth-order valence-electron chi connectivity index (χ4n) is 3.52. The number of benzene rings is 2. The highest BCUT2D eigenvalue weighted by atomic mass is 28.4. The Morgan fingerprint density at radius 3 is 1.85 bits per heavy atom. The lowest BCUT2D eigenvalue weighted by molar-refractivity contribution is 0.278. The summed E-state index contributed by atoms with van der Waals surface area (Å²) >= 11 is 0. The summed E-state index contributed by atoms with van der Waals surface area (Å²) in [6.07, 6.45) is 1.85. The van der Waals surface area contributed by atoms with Gasteiger partial charge in [0.2, 0.25) is 0 Å². The van der Waals surface area contributed by atoms with Crippen LogP contribution in [0, 0.1) is 0 Å². The maximum atomic E-state index is 8.87. The topological polar surface area (TPSA) is 41.5 Å². The van der Waals surface area contributed by atoms with Crippen LogP contribution in [0.3, 0.4) is 0 Å². The van der Waals surface area contributed by atoms with Gasteiger partial charge in [0, 0.05) is 19.8 Å². The smallest absolute Gasteiger partial charge is 0.261 e. The highest BCUT2D eigenvalue weighted by Crippen LogP contribution is 2.36. The fraction of sp³-hybridized carbons (Fsp3) is 0.455. The van der Waals surface area contributed by atoms with Crippen LogP contribution in [-0.4, -0.2) is 39.7 Å². The molecule has 3 nitrogen and oxygen atoms in total. The van der Waals surface area contributed by atoms with Crippen LogP contribution in [0.1, 0.15) is 33.6 Å². The number of hydrogen-bond donors (Lipinski definition) is 2. The first-order valence-corrected chi connectivity index (χ1v) is 11.5. The minimum absolute atomic E-state index is 0.0204. The molecular formula is C22H33NO2Si. The minimum Gasteiger partial charge on any atom is -0.406 e. The predicted molar refractivity (Wildman–Crippen MR) is 113 cm³/mol. The molecule has 0 atom stereocenters. The average molecular weight is 372 g/mol. The highest BCUT2D eigenvalue weighted by Gasteiger charge is 2.49. The van der Waals surface area contributed by atoms with Gasteiger partial charge in [-0.05, 0) is 34.8 Å². The second-order valence-corrected chi connectivity index (χ2v) is 12.0. The van der Waals surface area contributed by atoms with Gasteiger partial charge in [-0.15, -0.1) is 0 Å². The van der Waals surface area contributed by atoms with E-state index in [0.29, 0.717) is 6.61 Å². The second-order valence-electron chi connectivity index (χ2n) is 7.69. The molecule has 0 aliphatic heterocycles. The molecule has 0 aromatic heterocycles. The average Bonchev–Trinajstić information content (AvgIpc) is 2.64. The summed E-state index contributed by atoms with van der Waals surface area (Å²) in [7, 11) is -2.40. The Hall–Kier alpha value is -1.46. The van der Waals surface area contributed by atoms with Crippen molar-refractivity contribution in [2.45, 2.75) is 38.7 Å². The van der Waals surface area contributed by atoms with Crippen molar-refractivity contribution < 1.29 is 9.53 Å². The van der Waals surface area contributed by atoms with Gasteiger partial charge in [0.25, 0.3) is 8.32 Å². The first-order valence-electron chi connectivity index (χ1n) is 9.59. The van der Waals surface area contributed by atoms with Crippen LogP contribution >= 0.6 is 0 Å². The van der Waals surface area contributed by atoms with E-state index in [4.69, 9.17) is 9.53 Å². The van der Waals surface area contributed by atoms with E-state index < -0.39 is 8.32 Å². The van der Waals surface area contributed by atoms with Gasteiger partial charge in [0.1, 0.15) is 0 Å². The zero-order chi connectivity index (χ0) is 18.9. The van der Waals surface area contributed by atoms with Crippen LogP contribution in [-0.2, 0) is 4.43 Å². The Morgan fingerprint density at radius 1 is 0.846 bits per heavy atom. The molecule has 2 N–H and O–H groups in total. The van der Waals surface area contributed by atoms with Crippen LogP contribution in [0.25, 0.3) is 0 Å². The zero-order valence-electron chi connectivity index (χ0n) is 16.4. The maximum absolute atomic E-state index is 8.87. The third-order valence-corrected chi connectivity index (χ3v) is 9.82. The molecule has 0 heterocycles. The quantitative estimate of drug-likeness (QED) is 0.498. The number of nitrogens with one attached hydrogen (secondary N) is 1. The Labute approximate surface area is 159 Å². The molecule has 0 saturated carbocycles. The largest absolute Gasteiger partial charge is 0.406 e. The van der Waals surface area contributed by atoms with Crippen molar-refractivity contribution in [3.05, 3.63) is 60.7 Å². The molecule has 26 heavy (non-hydrogen) atoms. The van der Waals surface area contributed by atoms with Crippen molar-refractivity contribution in [3.63, 3.8) is 0 Å². The summed E-state index contributed by atoms with van der Waals surface area (Å²) in [6.45, 7) is 9.60. The highest BCUT2D eigenvalue weighted by molar-refractivity contribution is 6.99. The lowest BCUT2D eigenvalue weighted by Gasteiger charge is -2.43. The summed E-state index contributed by atoms with van der Waals surface area (Å²) < 4.78 is 6.80. The molecule has 0 radical (unpaired) electrons. The first-order chi connectivity index (χ1) is 12.5. The SMILES string of the molecule is CC(C)(C)[Si](OCCNCCCCO)(c1ccccc1)c1ccccc1. The van der Waals surface area contributed by atoms with E-state index in [0.717, 1.165) is 25.9 Å². The van der Waals surface area contributed by atoms with E-state index in [2.05, 4.69) is 86.8 Å². The number of unbranched alkanes of at least 4 members (excludes halogenated alkanes) is 1. The van der Waals surface area contributed by atoms with Crippen molar-refractivity contribution >= 4 is 18.7 Å². The molecule has 0 unspecified atom stereocenters. The van der Waals surface area contributed by atoms with Gasteiger partial charge >= 0.3 is 0 Å². The molecular weight excluding hydrogens is 338 g/mol. The molecule has 0 bridgehead atoms. The van der Waals surface area contributed by atoms with Gasteiger partial charge in [-0.3, -0.25) is 0 Å². The number of aliphatic hydroxyl groups is 1. The summed E-state index contributed by atoms with van der Waals surface area (Å²) in [6, 6.07) is 21.5. The summed E-state index contributed by atoms with van der Waals surface area (Å²) in [5, 5.41) is 15.0. The maximum Gasteiger partial charge on any atom is 0.261 e. The van der Waals surface area contributed by atoms with Crippen molar-refractivity contribution in [2.75, 3.05) is 26.3 Å². The third kappa shape index (κ3) is 5.04. The zero-order valence-corrected chi connectivity index (χ0v) is 17.4. The number of aliphatic hydroxyl groups excluding tert-OH is 1. The Kier molecular flexibility index (Phi) is 8.03. The van der Waals surface area contributed by atoms with Gasteiger partial charge in [-0.25, -0.2) is 0 Å². The molecule has 142 valence electrons. The van der Waals surface area contributed by atoms with E-state index in [-0.39, 0.29) is 11.6 Å². The van der Waals surface area contributed by atoms with Crippen LogP contribution in [0.5, 0.6) is 0 Å². The standard InChI is InChI=1S/C22H33NO2Si/c1-22(2,3)26(20-12-6-4-7-13-20,21-14-8-5-9-15-21)25-19-17-23-16-10-11-18-24/h4-9,12-15,23-24H,10-11,16-19H2,1-3H3. The summed E-state index contributed by atoms with van der Waals surface area (Å²) in [4.78, 5) is 0. The first kappa shape index (κ1) is 20.8. The third-order valence-electron chi connectivity index (χ3n) is 4.78. The van der Waals surface area contributed by atoms with E-state index in [1.807, 2.05) is 0 Å². The molecule has 2 aromatic rings. The van der Waals surface area contributed by atoms with Crippen molar-refractivity contribution in [2.24, 2.45) is 0 Å². The monoisotopic (exact) mass is 371 g/mol. The molecule has 4 heteroatoms. The minimum atomic E-state index is -2.40. The van der Waals surface area contributed by atoms with Crippen molar-refractivity contribution in [1.82, 2.24) is 5.32 Å². The van der Waals surface area contributed by atoms with Crippen LogP contribution < -0.4 is 15.7 Å². The van der Waals surface area contributed by atoms with Crippen LogP contribution in [0.2, 0.25) is 5.04 Å². The van der Waals surface area contributed by atoms with Crippen molar-refractivity contribution in [1.29, 1.82) is 0 Å². The lowest BCUT2D eigenvalue weighted by atomic mass is 10.2. The molecule has 0 aliphatic carbocycles. The fourth-order valence-corrected chi connectivity index (χ4v) is 8.09. The molecule has 2 aromatic carbocycles. The van der Waals surface area contributed by atoms with Gasteiger partial charge < -0.3 is 14.8 Å². The van der Waals surface area contributed by atoms with E-state index in [1.54, 1.807) is 0 Å². The van der Waals surface area contributed by atoms with Crippen LogP contribution in [0.4, 0.5) is 0 Å². The Morgan fingerprint density at radius 2 is 1.38 bits per heavy atom. The van der Waals surface area contributed by atoms with E-state index in [1.165, 1.54) is 10.4 Å². The van der Waals surface area contributed by atoms with E-state index >= 15 is 0 Å².